The third-order valence-corrected chi connectivity index (χ3v) is 2.49. The first-order valence-electron chi connectivity index (χ1n) is 4.83. The van der Waals surface area contributed by atoms with E-state index in [0.29, 0.717) is 5.84 Å². The topological polar surface area (TPSA) is 50.7 Å². The first-order chi connectivity index (χ1) is 6.38. The van der Waals surface area contributed by atoms with Gasteiger partial charge in [0.15, 0.2) is 0 Å². The molecule has 4 nitrogen and oxygen atoms in total. The predicted molar refractivity (Wildman–Crippen MR) is 55.3 cm³/mol. The molecule has 0 saturated carbocycles. The van der Waals surface area contributed by atoms with Crippen LogP contribution >= 0.6 is 0 Å². The van der Waals surface area contributed by atoms with Gasteiger partial charge in [-0.05, 0) is 19.8 Å². The van der Waals surface area contributed by atoms with E-state index in [0.717, 1.165) is 0 Å². The molecule has 1 unspecified atom stereocenters. The molecule has 0 bridgehead atoms. The van der Waals surface area contributed by atoms with Gasteiger partial charge in [0.1, 0.15) is 17.5 Å². The van der Waals surface area contributed by atoms with Crippen molar-refractivity contribution in [3.05, 3.63) is 0 Å². The normalized spacial score (nSPS) is 22.6. The maximum atomic E-state index is 11.5. The lowest BCUT2D eigenvalue weighted by molar-refractivity contribution is -0.121. The van der Waals surface area contributed by atoms with Crippen molar-refractivity contribution >= 4 is 11.7 Å². The molecule has 1 aliphatic rings. The number of hydrogen-bond donors (Lipinski definition) is 1. The fraction of sp³-hybridized carbons (Fsp3) is 0.800. The summed E-state index contributed by atoms with van der Waals surface area (Å²) in [6, 6.07) is -0.264. The number of amides is 1. The van der Waals surface area contributed by atoms with Crippen molar-refractivity contribution in [1.82, 2.24) is 5.32 Å². The molecule has 0 aliphatic carbocycles. The number of ether oxygens (including phenoxy) is 1. The standard InChI is InChI=1S/C10H18N2O2/c1-6(2)7-8(13)12-9(11-7)10(3,4)14-5/h6-7H,1-5H3,(H,11,12,13). The summed E-state index contributed by atoms with van der Waals surface area (Å²) in [6.07, 6.45) is 0. The van der Waals surface area contributed by atoms with Crippen molar-refractivity contribution < 1.29 is 9.53 Å². The quantitative estimate of drug-likeness (QED) is 0.734. The van der Waals surface area contributed by atoms with E-state index in [1.165, 1.54) is 0 Å². The number of aliphatic imine (C=N–C) groups is 1. The van der Waals surface area contributed by atoms with Crippen LogP contribution in [0.3, 0.4) is 0 Å². The monoisotopic (exact) mass is 198 g/mol. The number of nitrogens with one attached hydrogen (secondary N) is 1. The summed E-state index contributed by atoms with van der Waals surface area (Å²) >= 11 is 0. The highest BCUT2D eigenvalue weighted by Gasteiger charge is 2.36. The van der Waals surface area contributed by atoms with Gasteiger partial charge in [0.2, 0.25) is 5.91 Å². The van der Waals surface area contributed by atoms with Gasteiger partial charge < -0.3 is 10.1 Å². The van der Waals surface area contributed by atoms with Crippen molar-refractivity contribution in [1.29, 1.82) is 0 Å². The first-order valence-corrected chi connectivity index (χ1v) is 4.83. The fourth-order valence-corrected chi connectivity index (χ4v) is 1.28. The van der Waals surface area contributed by atoms with Gasteiger partial charge in [-0.3, -0.25) is 9.79 Å². The maximum Gasteiger partial charge on any atom is 0.250 e. The van der Waals surface area contributed by atoms with Crippen molar-refractivity contribution in [2.24, 2.45) is 10.9 Å². The summed E-state index contributed by atoms with van der Waals surface area (Å²) < 4.78 is 5.25. The van der Waals surface area contributed by atoms with Crippen molar-refractivity contribution in [2.45, 2.75) is 39.3 Å². The van der Waals surface area contributed by atoms with Gasteiger partial charge in [-0.15, -0.1) is 0 Å². The average Bonchev–Trinajstić information content (AvgIpc) is 2.48. The minimum atomic E-state index is -0.515. The van der Waals surface area contributed by atoms with Crippen LogP contribution in [0.2, 0.25) is 0 Å². The molecular weight excluding hydrogens is 180 g/mol. The van der Waals surface area contributed by atoms with Gasteiger partial charge in [0.25, 0.3) is 0 Å². The molecule has 0 radical (unpaired) electrons. The summed E-state index contributed by atoms with van der Waals surface area (Å²) in [6.45, 7) is 7.73. The van der Waals surface area contributed by atoms with Gasteiger partial charge in [-0.1, -0.05) is 13.8 Å². The largest absolute Gasteiger partial charge is 0.371 e. The first kappa shape index (κ1) is 11.2. The highest BCUT2D eigenvalue weighted by Crippen LogP contribution is 2.18. The fourth-order valence-electron chi connectivity index (χ4n) is 1.28. The van der Waals surface area contributed by atoms with Crippen LogP contribution in [-0.4, -0.2) is 30.5 Å². The maximum absolute atomic E-state index is 11.5. The Hall–Kier alpha value is -0.900. The smallest absolute Gasteiger partial charge is 0.250 e. The summed E-state index contributed by atoms with van der Waals surface area (Å²) in [7, 11) is 1.61. The van der Waals surface area contributed by atoms with E-state index < -0.39 is 5.60 Å². The molecule has 1 heterocycles. The van der Waals surface area contributed by atoms with Crippen molar-refractivity contribution in [3.8, 4) is 0 Å². The average molecular weight is 198 g/mol. The molecule has 80 valence electrons. The Labute approximate surface area is 84.7 Å². The number of nitrogens with zero attached hydrogens (tertiary/aromatic N) is 1. The molecule has 4 heteroatoms. The van der Waals surface area contributed by atoms with Gasteiger partial charge in [0, 0.05) is 7.11 Å². The Bertz CT molecular complexity index is 269. The third kappa shape index (κ3) is 1.95. The zero-order chi connectivity index (χ0) is 10.9. The Balaban J connectivity index is 2.85. The lowest BCUT2D eigenvalue weighted by Crippen LogP contribution is -2.43. The number of hydrogen-bond acceptors (Lipinski definition) is 3. The Morgan fingerprint density at radius 1 is 1.50 bits per heavy atom. The molecule has 0 saturated heterocycles. The SMILES string of the molecule is COC(C)(C)C1=NC(C(C)C)C(=O)N1. The zero-order valence-electron chi connectivity index (χ0n) is 9.42. The zero-order valence-corrected chi connectivity index (χ0v) is 9.42. The van der Waals surface area contributed by atoms with E-state index in [4.69, 9.17) is 4.74 Å². The number of rotatable bonds is 3. The molecule has 1 atom stereocenters. The van der Waals surface area contributed by atoms with E-state index in [1.54, 1.807) is 7.11 Å². The molecule has 1 amide bonds. The second-order valence-electron chi connectivity index (χ2n) is 4.37. The molecule has 1 aliphatic heterocycles. The molecule has 14 heavy (non-hydrogen) atoms. The van der Waals surface area contributed by atoms with E-state index in [1.807, 2.05) is 27.7 Å². The van der Waals surface area contributed by atoms with Crippen LogP contribution in [0.1, 0.15) is 27.7 Å². The lowest BCUT2D eigenvalue weighted by atomic mass is 10.1. The van der Waals surface area contributed by atoms with Gasteiger partial charge in [0.05, 0.1) is 0 Å². The Morgan fingerprint density at radius 2 is 2.07 bits per heavy atom. The molecule has 0 fully saturated rings. The summed E-state index contributed by atoms with van der Waals surface area (Å²) in [5.41, 5.74) is -0.515. The van der Waals surface area contributed by atoms with Gasteiger partial charge in [-0.2, -0.15) is 0 Å². The van der Waals surface area contributed by atoms with Crippen LogP contribution in [-0.2, 0) is 9.53 Å². The van der Waals surface area contributed by atoms with Crippen LogP contribution in [0.25, 0.3) is 0 Å². The van der Waals surface area contributed by atoms with Crippen LogP contribution < -0.4 is 5.32 Å². The molecule has 1 rings (SSSR count). The summed E-state index contributed by atoms with van der Waals surface area (Å²) in [4.78, 5) is 15.8. The van der Waals surface area contributed by atoms with Crippen molar-refractivity contribution in [2.75, 3.05) is 7.11 Å². The minimum absolute atomic E-state index is 0.0277. The van der Waals surface area contributed by atoms with Crippen molar-refractivity contribution in [3.63, 3.8) is 0 Å². The lowest BCUT2D eigenvalue weighted by Gasteiger charge is -2.22. The molecule has 0 aromatic carbocycles. The second kappa shape index (κ2) is 3.69. The summed E-state index contributed by atoms with van der Waals surface area (Å²) in [5.74, 6) is 0.823. The van der Waals surface area contributed by atoms with E-state index >= 15 is 0 Å². The van der Waals surface area contributed by atoms with Gasteiger partial charge >= 0.3 is 0 Å². The highest BCUT2D eigenvalue weighted by atomic mass is 16.5. The van der Waals surface area contributed by atoms with E-state index in [9.17, 15) is 4.79 Å². The molecule has 1 N–H and O–H groups in total. The molecule has 0 spiro atoms. The third-order valence-electron chi connectivity index (χ3n) is 2.49. The predicted octanol–water partition coefficient (Wildman–Crippen LogP) is 0.964. The number of amidine groups is 1. The molecule has 0 aromatic heterocycles. The minimum Gasteiger partial charge on any atom is -0.371 e. The van der Waals surface area contributed by atoms with Gasteiger partial charge in [-0.25, -0.2) is 0 Å². The van der Waals surface area contributed by atoms with Crippen LogP contribution in [0.5, 0.6) is 0 Å². The Morgan fingerprint density at radius 3 is 2.43 bits per heavy atom. The summed E-state index contributed by atoms with van der Waals surface area (Å²) in [5, 5.41) is 2.76. The number of carbonyl (C=O) groups excluding carboxylic acids is 1. The molecular formula is C10H18N2O2. The highest BCUT2D eigenvalue weighted by molar-refractivity contribution is 6.09. The van der Waals surface area contributed by atoms with Crippen LogP contribution in [0.4, 0.5) is 0 Å². The van der Waals surface area contributed by atoms with E-state index in [-0.39, 0.29) is 17.9 Å². The molecule has 0 aromatic rings. The number of methoxy groups -OCH3 is 1. The van der Waals surface area contributed by atoms with Crippen LogP contribution in [0, 0.1) is 5.92 Å². The second-order valence-corrected chi connectivity index (χ2v) is 4.37. The Kier molecular flexibility index (Phi) is 2.95. The number of carbonyl (C=O) groups is 1. The van der Waals surface area contributed by atoms with Crippen LogP contribution in [0.15, 0.2) is 4.99 Å². The van der Waals surface area contributed by atoms with E-state index in [2.05, 4.69) is 10.3 Å².